The second-order valence-corrected chi connectivity index (χ2v) is 7.05. The predicted octanol–water partition coefficient (Wildman–Crippen LogP) is 1.30. The van der Waals surface area contributed by atoms with Crippen LogP contribution in [0, 0.1) is 0 Å². The van der Waals surface area contributed by atoms with Gasteiger partial charge in [-0.1, -0.05) is 0 Å². The summed E-state index contributed by atoms with van der Waals surface area (Å²) in [6, 6.07) is 1.52. The molecule has 0 aliphatic carbocycles. The fourth-order valence-electron chi connectivity index (χ4n) is 0.969. The Hall–Kier alpha value is 0.0969. The maximum atomic E-state index is 5.40. The van der Waals surface area contributed by atoms with Crippen LogP contribution in [0.4, 0.5) is 0 Å². The molecule has 0 radical (unpaired) electrons. The van der Waals surface area contributed by atoms with Crippen LogP contribution in [-0.4, -0.2) is 47.8 Å². The normalized spacial score (nSPS) is 15.2. The fourth-order valence-corrected chi connectivity index (χ4v) is 2.91. The Labute approximate surface area is 76.9 Å². The van der Waals surface area contributed by atoms with Crippen molar-refractivity contribution in [3.63, 3.8) is 0 Å². The highest BCUT2D eigenvalue weighted by atomic mass is 28.4. The molecule has 0 fully saturated rings. The maximum Gasteiger partial charge on any atom is 0.335 e. The summed E-state index contributed by atoms with van der Waals surface area (Å²) in [6.07, 6.45) is 0. The van der Waals surface area contributed by atoms with E-state index in [4.69, 9.17) is 8.85 Å². The smallest absolute Gasteiger partial charge is 0.335 e. The molecule has 0 spiro atoms. The number of rotatable bonds is 5. The van der Waals surface area contributed by atoms with Gasteiger partial charge in [-0.3, -0.25) is 0 Å². The maximum absolute atomic E-state index is 5.40. The van der Waals surface area contributed by atoms with Crippen LogP contribution in [-0.2, 0) is 8.85 Å². The lowest BCUT2D eigenvalue weighted by molar-refractivity contribution is 0.229. The van der Waals surface area contributed by atoms with Gasteiger partial charge in [-0.2, -0.15) is 0 Å². The molecule has 0 heterocycles. The third-order valence-corrected chi connectivity index (χ3v) is 5.47. The number of nitrogens with zero attached hydrogens (tertiary/aromatic N) is 1. The van der Waals surface area contributed by atoms with Gasteiger partial charge in [0, 0.05) is 26.3 Å². The highest BCUT2D eigenvalue weighted by molar-refractivity contribution is 6.66. The summed E-state index contributed by atoms with van der Waals surface area (Å²) >= 11 is 0. The van der Waals surface area contributed by atoms with Crippen LogP contribution < -0.4 is 0 Å². The van der Waals surface area contributed by atoms with Gasteiger partial charge in [-0.05, 0) is 27.6 Å². The molecular weight excluding hydrogens is 170 g/mol. The van der Waals surface area contributed by atoms with E-state index < -0.39 is 8.56 Å². The zero-order valence-electron chi connectivity index (χ0n) is 9.05. The van der Waals surface area contributed by atoms with Gasteiger partial charge in [0.05, 0.1) is 0 Å². The molecule has 0 saturated carbocycles. The van der Waals surface area contributed by atoms with E-state index in [1.165, 1.54) is 0 Å². The van der Waals surface area contributed by atoms with Gasteiger partial charge in [-0.25, -0.2) is 0 Å². The van der Waals surface area contributed by atoms with Gasteiger partial charge in [0.25, 0.3) is 0 Å². The van der Waals surface area contributed by atoms with E-state index in [1.54, 1.807) is 14.2 Å². The van der Waals surface area contributed by atoms with E-state index in [0.29, 0.717) is 6.04 Å². The molecule has 0 aliphatic rings. The minimum atomic E-state index is -1.86. The van der Waals surface area contributed by atoms with Crippen LogP contribution >= 0.6 is 0 Å². The van der Waals surface area contributed by atoms with Gasteiger partial charge in [0.2, 0.25) is 0 Å². The molecule has 0 aliphatic heterocycles. The van der Waals surface area contributed by atoms with Crippen molar-refractivity contribution in [1.29, 1.82) is 0 Å². The van der Waals surface area contributed by atoms with Crippen molar-refractivity contribution in [3.8, 4) is 0 Å². The molecule has 0 aromatic rings. The lowest BCUT2D eigenvalue weighted by atomic mass is 10.4. The molecule has 0 aromatic carbocycles. The van der Waals surface area contributed by atoms with E-state index in [9.17, 15) is 0 Å². The van der Waals surface area contributed by atoms with Gasteiger partial charge >= 0.3 is 8.56 Å². The Bertz CT molecular complexity index is 126. The van der Waals surface area contributed by atoms with Crippen molar-refractivity contribution >= 4 is 8.56 Å². The van der Waals surface area contributed by atoms with Crippen molar-refractivity contribution in [1.82, 2.24) is 4.90 Å². The number of hydrogen-bond acceptors (Lipinski definition) is 3. The standard InChI is InChI=1S/C8H21NO2Si/c1-8(9(2)3)7-12(6,10-4)11-5/h8H,7H2,1-6H3. The molecule has 74 valence electrons. The van der Waals surface area contributed by atoms with E-state index in [-0.39, 0.29) is 0 Å². The Morgan fingerprint density at radius 1 is 1.25 bits per heavy atom. The molecule has 1 unspecified atom stereocenters. The van der Waals surface area contributed by atoms with E-state index >= 15 is 0 Å². The summed E-state index contributed by atoms with van der Waals surface area (Å²) < 4.78 is 10.8. The molecule has 4 heteroatoms. The predicted molar refractivity (Wildman–Crippen MR) is 53.6 cm³/mol. The minimum absolute atomic E-state index is 0.515. The first-order chi connectivity index (χ1) is 5.45. The van der Waals surface area contributed by atoms with Crippen LogP contribution in [0.25, 0.3) is 0 Å². The van der Waals surface area contributed by atoms with E-state index in [0.717, 1.165) is 6.04 Å². The summed E-state index contributed by atoms with van der Waals surface area (Å²) in [7, 11) is 5.75. The average molecular weight is 191 g/mol. The minimum Gasteiger partial charge on any atom is -0.398 e. The highest BCUT2D eigenvalue weighted by Crippen LogP contribution is 2.15. The second kappa shape index (κ2) is 4.96. The molecular formula is C8H21NO2Si. The van der Waals surface area contributed by atoms with Crippen molar-refractivity contribution in [2.24, 2.45) is 0 Å². The summed E-state index contributed by atoms with van der Waals surface area (Å²) in [5.74, 6) is 0. The molecule has 3 nitrogen and oxygen atoms in total. The Morgan fingerprint density at radius 2 is 1.67 bits per heavy atom. The Balaban J connectivity index is 4.02. The first kappa shape index (κ1) is 12.1. The quantitative estimate of drug-likeness (QED) is 0.611. The van der Waals surface area contributed by atoms with Crippen LogP contribution in [0.1, 0.15) is 6.92 Å². The van der Waals surface area contributed by atoms with Crippen LogP contribution in [0.2, 0.25) is 12.6 Å². The zero-order valence-corrected chi connectivity index (χ0v) is 10.0. The molecule has 0 bridgehead atoms. The van der Waals surface area contributed by atoms with Gasteiger partial charge in [-0.15, -0.1) is 0 Å². The first-order valence-corrected chi connectivity index (χ1v) is 6.74. The summed E-state index contributed by atoms with van der Waals surface area (Å²) in [5, 5.41) is 0. The lowest BCUT2D eigenvalue weighted by Gasteiger charge is -2.29. The summed E-state index contributed by atoms with van der Waals surface area (Å²) in [6.45, 7) is 4.27. The Morgan fingerprint density at radius 3 is 1.92 bits per heavy atom. The SMILES string of the molecule is CO[Si](C)(CC(C)N(C)C)OC. The van der Waals surface area contributed by atoms with Crippen molar-refractivity contribution in [2.45, 2.75) is 25.6 Å². The second-order valence-electron chi connectivity index (χ2n) is 3.56. The van der Waals surface area contributed by atoms with Crippen molar-refractivity contribution in [2.75, 3.05) is 28.3 Å². The van der Waals surface area contributed by atoms with Crippen molar-refractivity contribution < 1.29 is 8.85 Å². The van der Waals surface area contributed by atoms with Crippen LogP contribution in [0.3, 0.4) is 0 Å². The van der Waals surface area contributed by atoms with Crippen molar-refractivity contribution in [3.05, 3.63) is 0 Å². The third-order valence-electron chi connectivity index (χ3n) is 2.41. The van der Waals surface area contributed by atoms with Gasteiger partial charge in [0.15, 0.2) is 0 Å². The molecule has 1 atom stereocenters. The summed E-state index contributed by atoms with van der Waals surface area (Å²) in [5.41, 5.74) is 0. The monoisotopic (exact) mass is 191 g/mol. The molecule has 0 N–H and O–H groups in total. The lowest BCUT2D eigenvalue weighted by Crippen LogP contribution is -2.42. The first-order valence-electron chi connectivity index (χ1n) is 4.22. The molecule has 0 rings (SSSR count). The average Bonchev–Trinajstić information content (AvgIpc) is 2.04. The van der Waals surface area contributed by atoms with Gasteiger partial charge < -0.3 is 13.8 Å². The number of hydrogen-bond donors (Lipinski definition) is 0. The Kier molecular flexibility index (Phi) is 5.00. The van der Waals surface area contributed by atoms with E-state index in [1.807, 2.05) is 0 Å². The van der Waals surface area contributed by atoms with Crippen LogP contribution in [0.15, 0.2) is 0 Å². The fraction of sp³-hybridized carbons (Fsp3) is 1.00. The zero-order chi connectivity index (χ0) is 9.78. The van der Waals surface area contributed by atoms with Crippen LogP contribution in [0.5, 0.6) is 0 Å². The van der Waals surface area contributed by atoms with Gasteiger partial charge in [0.1, 0.15) is 0 Å². The molecule has 12 heavy (non-hydrogen) atoms. The molecule has 0 saturated heterocycles. The molecule has 0 aromatic heterocycles. The summed E-state index contributed by atoms with van der Waals surface area (Å²) in [4.78, 5) is 2.18. The molecule has 0 amide bonds. The van der Waals surface area contributed by atoms with E-state index in [2.05, 4.69) is 32.5 Å². The highest BCUT2D eigenvalue weighted by Gasteiger charge is 2.31. The largest absolute Gasteiger partial charge is 0.398 e. The topological polar surface area (TPSA) is 21.7 Å². The third kappa shape index (κ3) is 3.67.